The fourth-order valence-corrected chi connectivity index (χ4v) is 2.54. The van der Waals surface area contributed by atoms with Gasteiger partial charge in [-0.05, 0) is 6.07 Å². The number of carbonyl (C=O) groups is 1. The van der Waals surface area contributed by atoms with Crippen molar-refractivity contribution in [3.63, 3.8) is 0 Å². The third-order valence-corrected chi connectivity index (χ3v) is 3.61. The minimum Gasteiger partial charge on any atom is -0.481 e. The summed E-state index contributed by atoms with van der Waals surface area (Å²) in [5, 5.41) is 22.5. The minimum atomic E-state index is -0.507. The van der Waals surface area contributed by atoms with Crippen LogP contribution >= 0.6 is 11.8 Å². The molecule has 8 heteroatoms. The zero-order chi connectivity index (χ0) is 14.0. The highest BCUT2D eigenvalue weighted by Crippen LogP contribution is 2.40. The van der Waals surface area contributed by atoms with Crippen molar-refractivity contribution in [3.05, 3.63) is 22.2 Å². The Morgan fingerprint density at radius 1 is 1.63 bits per heavy atom. The van der Waals surface area contributed by atoms with Gasteiger partial charge >= 0.3 is 0 Å². The summed E-state index contributed by atoms with van der Waals surface area (Å²) in [5.41, 5.74) is 0.315. The van der Waals surface area contributed by atoms with Crippen LogP contribution in [0.2, 0.25) is 0 Å². The van der Waals surface area contributed by atoms with Crippen molar-refractivity contribution in [1.82, 2.24) is 0 Å². The second-order valence-corrected chi connectivity index (χ2v) is 5.50. The molecule has 1 amide bonds. The van der Waals surface area contributed by atoms with E-state index in [1.54, 1.807) is 6.92 Å². The fourth-order valence-electron chi connectivity index (χ4n) is 1.59. The number of nitrogens with one attached hydrogen (secondary N) is 1. The second kappa shape index (κ2) is 5.45. The Bertz CT molecular complexity index is 534. The molecule has 0 fully saturated rings. The fraction of sp³-hybridized carbons (Fsp3) is 0.364. The van der Waals surface area contributed by atoms with Gasteiger partial charge in [0.15, 0.2) is 12.4 Å². The molecule has 0 spiro atoms. The Morgan fingerprint density at radius 2 is 2.37 bits per heavy atom. The molecule has 0 saturated heterocycles. The first kappa shape index (κ1) is 13.6. The molecule has 0 aromatic heterocycles. The highest BCUT2D eigenvalue weighted by Gasteiger charge is 2.24. The average Bonchev–Trinajstić information content (AvgIpc) is 2.37. The van der Waals surface area contributed by atoms with E-state index in [0.29, 0.717) is 10.6 Å². The number of aliphatic hydroxyl groups excluding tert-OH is 1. The molecule has 2 N–H and O–H groups in total. The van der Waals surface area contributed by atoms with Gasteiger partial charge in [0.05, 0.1) is 28.2 Å². The Balaban J connectivity index is 2.42. The third kappa shape index (κ3) is 2.96. The van der Waals surface area contributed by atoms with E-state index in [-0.39, 0.29) is 35.8 Å². The molecule has 1 aromatic rings. The van der Waals surface area contributed by atoms with Crippen LogP contribution in [0.15, 0.2) is 17.0 Å². The molecule has 1 unspecified atom stereocenters. The number of fused-ring (bicyclic) bond motifs is 1. The van der Waals surface area contributed by atoms with E-state index >= 15 is 0 Å². The number of carbonyl (C=O) groups excluding carboxylic acids is 1. The maximum absolute atomic E-state index is 11.2. The van der Waals surface area contributed by atoms with Crippen LogP contribution < -0.4 is 10.1 Å². The zero-order valence-electron chi connectivity index (χ0n) is 10.1. The van der Waals surface area contributed by atoms with Gasteiger partial charge in [0.1, 0.15) is 0 Å². The van der Waals surface area contributed by atoms with Gasteiger partial charge in [-0.3, -0.25) is 14.9 Å². The molecule has 102 valence electrons. The number of hydrogen-bond donors (Lipinski definition) is 2. The summed E-state index contributed by atoms with van der Waals surface area (Å²) in [4.78, 5) is 22.1. The molecule has 0 aliphatic carbocycles. The molecule has 7 nitrogen and oxygen atoms in total. The molecule has 0 bridgehead atoms. The van der Waals surface area contributed by atoms with Crippen molar-refractivity contribution in [2.75, 3.05) is 18.5 Å². The van der Waals surface area contributed by atoms with Gasteiger partial charge in [-0.25, -0.2) is 0 Å². The lowest BCUT2D eigenvalue weighted by Crippen LogP contribution is -2.25. The van der Waals surface area contributed by atoms with Crippen molar-refractivity contribution in [3.8, 4) is 5.75 Å². The lowest BCUT2D eigenvalue weighted by Gasteiger charge is -2.19. The van der Waals surface area contributed by atoms with Crippen molar-refractivity contribution < 1.29 is 19.6 Å². The van der Waals surface area contributed by atoms with E-state index in [1.165, 1.54) is 23.9 Å². The molecule has 0 saturated carbocycles. The molecule has 1 heterocycles. The van der Waals surface area contributed by atoms with Crippen LogP contribution in [0.3, 0.4) is 0 Å². The monoisotopic (exact) mass is 284 g/mol. The molecule has 2 rings (SSSR count). The van der Waals surface area contributed by atoms with E-state index < -0.39 is 4.92 Å². The van der Waals surface area contributed by atoms with Gasteiger partial charge in [0.25, 0.3) is 11.6 Å². The molecular formula is C11H12N2O5S. The Hall–Kier alpha value is -1.80. The molecular weight excluding hydrogens is 272 g/mol. The van der Waals surface area contributed by atoms with Crippen molar-refractivity contribution in [2.45, 2.75) is 17.1 Å². The van der Waals surface area contributed by atoms with Crippen LogP contribution in [0.25, 0.3) is 0 Å². The SMILES string of the molecule is CC(CO)Sc1cc2c(cc1[N+](=O)[O-])OCC(=O)N2. The van der Waals surface area contributed by atoms with Crippen molar-refractivity contribution in [2.24, 2.45) is 0 Å². The van der Waals surface area contributed by atoms with Crippen LogP contribution in [-0.4, -0.2) is 34.4 Å². The topological polar surface area (TPSA) is 102 Å². The van der Waals surface area contributed by atoms with Gasteiger partial charge in [-0.15, -0.1) is 11.8 Å². The van der Waals surface area contributed by atoms with E-state index in [4.69, 9.17) is 9.84 Å². The highest BCUT2D eigenvalue weighted by molar-refractivity contribution is 8.00. The standard InChI is InChI=1S/C11H12N2O5S/c1-6(4-14)19-10-2-7-9(3-8(10)13(16)17)18-5-11(15)12-7/h2-3,6,14H,4-5H2,1H3,(H,12,15). The highest BCUT2D eigenvalue weighted by atomic mass is 32.2. The zero-order valence-corrected chi connectivity index (χ0v) is 10.9. The van der Waals surface area contributed by atoms with Crippen molar-refractivity contribution >= 4 is 29.0 Å². The summed E-state index contributed by atoms with van der Waals surface area (Å²) in [6, 6.07) is 2.79. The Labute approximate surface area is 113 Å². The van der Waals surface area contributed by atoms with Gasteiger partial charge in [0, 0.05) is 5.25 Å². The van der Waals surface area contributed by atoms with Crippen LogP contribution in [0.4, 0.5) is 11.4 Å². The molecule has 1 aromatic carbocycles. The number of anilines is 1. The lowest BCUT2D eigenvalue weighted by molar-refractivity contribution is -0.387. The largest absolute Gasteiger partial charge is 0.481 e. The maximum atomic E-state index is 11.2. The van der Waals surface area contributed by atoms with Crippen LogP contribution in [0, 0.1) is 10.1 Å². The molecule has 1 atom stereocenters. The van der Waals surface area contributed by atoms with Gasteiger partial charge in [0.2, 0.25) is 0 Å². The number of nitro groups is 1. The van der Waals surface area contributed by atoms with E-state index in [1.807, 2.05) is 0 Å². The number of benzene rings is 1. The van der Waals surface area contributed by atoms with Crippen LogP contribution in [0.1, 0.15) is 6.92 Å². The number of nitrogens with zero attached hydrogens (tertiary/aromatic N) is 1. The summed E-state index contributed by atoms with van der Waals surface area (Å²) in [7, 11) is 0. The average molecular weight is 284 g/mol. The van der Waals surface area contributed by atoms with E-state index in [9.17, 15) is 14.9 Å². The van der Waals surface area contributed by atoms with E-state index in [0.717, 1.165) is 0 Å². The third-order valence-electron chi connectivity index (χ3n) is 2.48. The maximum Gasteiger partial charge on any atom is 0.286 e. The predicted octanol–water partition coefficient (Wildman–Crippen LogP) is 1.40. The van der Waals surface area contributed by atoms with Crippen molar-refractivity contribution in [1.29, 1.82) is 0 Å². The first-order valence-corrected chi connectivity index (χ1v) is 6.42. The Kier molecular flexibility index (Phi) is 3.91. The van der Waals surface area contributed by atoms with Crippen LogP contribution in [-0.2, 0) is 4.79 Å². The predicted molar refractivity (Wildman–Crippen MR) is 69.6 cm³/mol. The van der Waals surface area contributed by atoms with Gasteiger partial charge in [-0.1, -0.05) is 6.92 Å². The number of thioether (sulfide) groups is 1. The second-order valence-electron chi connectivity index (χ2n) is 4.02. The molecule has 19 heavy (non-hydrogen) atoms. The minimum absolute atomic E-state index is 0.0955. The lowest BCUT2D eigenvalue weighted by atomic mass is 10.2. The summed E-state index contributed by atoms with van der Waals surface area (Å²) in [6.45, 7) is 1.51. The number of rotatable bonds is 4. The van der Waals surface area contributed by atoms with E-state index in [2.05, 4.69) is 5.32 Å². The first-order chi connectivity index (χ1) is 9.01. The van der Waals surface area contributed by atoms with Gasteiger partial charge < -0.3 is 15.2 Å². The summed E-state index contributed by atoms with van der Waals surface area (Å²) in [5.74, 6) is -0.0141. The number of amides is 1. The molecule has 1 aliphatic heterocycles. The Morgan fingerprint density at radius 3 is 3.00 bits per heavy atom. The number of hydrogen-bond acceptors (Lipinski definition) is 6. The van der Waals surface area contributed by atoms with Gasteiger partial charge in [-0.2, -0.15) is 0 Å². The summed E-state index contributed by atoms with van der Waals surface area (Å²) >= 11 is 1.17. The number of aliphatic hydroxyl groups is 1. The quantitative estimate of drug-likeness (QED) is 0.492. The smallest absolute Gasteiger partial charge is 0.286 e. The number of nitro benzene ring substituents is 1. The van der Waals surface area contributed by atoms with Crippen LogP contribution in [0.5, 0.6) is 5.75 Å². The molecule has 1 aliphatic rings. The normalized spacial score (nSPS) is 15.2. The summed E-state index contributed by atoms with van der Waals surface area (Å²) in [6.07, 6.45) is 0. The number of ether oxygens (including phenoxy) is 1. The molecule has 0 radical (unpaired) electrons. The first-order valence-electron chi connectivity index (χ1n) is 5.54. The summed E-state index contributed by atoms with van der Waals surface area (Å²) < 4.78 is 5.14.